The zero-order chi connectivity index (χ0) is 19.5. The Labute approximate surface area is 165 Å². The molecule has 0 radical (unpaired) electrons. The Bertz CT molecular complexity index is 940. The fourth-order valence-electron chi connectivity index (χ4n) is 3.52. The molecule has 0 aliphatic carbocycles. The molecule has 3 aromatic rings. The first-order valence-corrected chi connectivity index (χ1v) is 9.77. The van der Waals surface area contributed by atoms with Crippen LogP contribution in [0.1, 0.15) is 29.8 Å². The minimum atomic E-state index is -0.0442. The van der Waals surface area contributed by atoms with Crippen LogP contribution in [0.4, 0.5) is 5.69 Å². The molecule has 5 heteroatoms. The number of oxazole rings is 1. The van der Waals surface area contributed by atoms with E-state index in [0.29, 0.717) is 17.3 Å². The second-order valence-corrected chi connectivity index (χ2v) is 7.36. The van der Waals surface area contributed by atoms with Gasteiger partial charge in [-0.05, 0) is 55.7 Å². The summed E-state index contributed by atoms with van der Waals surface area (Å²) >= 11 is 0. The van der Waals surface area contributed by atoms with Crippen molar-refractivity contribution in [1.82, 2.24) is 9.88 Å². The first kappa shape index (κ1) is 18.3. The van der Waals surface area contributed by atoms with Crippen molar-refractivity contribution >= 4 is 11.6 Å². The van der Waals surface area contributed by atoms with Gasteiger partial charge in [0, 0.05) is 44.0 Å². The highest BCUT2D eigenvalue weighted by molar-refractivity contribution is 5.98. The van der Waals surface area contributed by atoms with Gasteiger partial charge < -0.3 is 14.2 Å². The van der Waals surface area contributed by atoms with E-state index < -0.39 is 0 Å². The van der Waals surface area contributed by atoms with Gasteiger partial charge in [0.1, 0.15) is 0 Å². The lowest BCUT2D eigenvalue weighted by Crippen LogP contribution is -2.36. The van der Waals surface area contributed by atoms with E-state index in [4.69, 9.17) is 4.42 Å². The van der Waals surface area contributed by atoms with E-state index in [1.807, 2.05) is 78.5 Å². The van der Waals surface area contributed by atoms with Gasteiger partial charge in [0.15, 0.2) is 11.5 Å². The van der Waals surface area contributed by atoms with Gasteiger partial charge in [0.25, 0.3) is 5.91 Å². The SMILES string of the molecule is CN(C)c1ccc(-c2oc(-c3ccccc3)nc2C(=O)N2CCCCC2)cc1. The van der Waals surface area contributed by atoms with Gasteiger partial charge in [-0.1, -0.05) is 18.2 Å². The summed E-state index contributed by atoms with van der Waals surface area (Å²) in [7, 11) is 4.00. The Morgan fingerprint density at radius 2 is 1.61 bits per heavy atom. The van der Waals surface area contributed by atoms with Crippen molar-refractivity contribution in [2.45, 2.75) is 19.3 Å². The van der Waals surface area contributed by atoms with Gasteiger partial charge >= 0.3 is 0 Å². The number of benzene rings is 2. The highest BCUT2D eigenvalue weighted by Gasteiger charge is 2.27. The van der Waals surface area contributed by atoms with Gasteiger partial charge in [-0.2, -0.15) is 0 Å². The average molecular weight is 375 g/mol. The Morgan fingerprint density at radius 3 is 2.25 bits per heavy atom. The van der Waals surface area contributed by atoms with Crippen molar-refractivity contribution in [1.29, 1.82) is 0 Å². The Balaban J connectivity index is 1.76. The summed E-state index contributed by atoms with van der Waals surface area (Å²) in [6.07, 6.45) is 3.26. The van der Waals surface area contributed by atoms with E-state index in [1.165, 1.54) is 6.42 Å². The van der Waals surface area contributed by atoms with Crippen molar-refractivity contribution in [2.24, 2.45) is 0 Å². The monoisotopic (exact) mass is 375 g/mol. The minimum absolute atomic E-state index is 0.0442. The summed E-state index contributed by atoms with van der Waals surface area (Å²) in [6, 6.07) is 17.7. The summed E-state index contributed by atoms with van der Waals surface area (Å²) < 4.78 is 6.13. The number of carbonyl (C=O) groups is 1. The lowest BCUT2D eigenvalue weighted by Gasteiger charge is -2.26. The van der Waals surface area contributed by atoms with Crippen LogP contribution in [0, 0.1) is 0 Å². The number of hydrogen-bond donors (Lipinski definition) is 0. The van der Waals surface area contributed by atoms with Gasteiger partial charge in [0.2, 0.25) is 5.89 Å². The van der Waals surface area contributed by atoms with Crippen molar-refractivity contribution in [3.8, 4) is 22.8 Å². The highest BCUT2D eigenvalue weighted by atomic mass is 16.4. The molecule has 0 bridgehead atoms. The number of carbonyl (C=O) groups excluding carboxylic acids is 1. The molecule has 2 heterocycles. The summed E-state index contributed by atoms with van der Waals surface area (Å²) in [5.74, 6) is 0.977. The van der Waals surface area contributed by atoms with Crippen LogP contribution in [0.5, 0.6) is 0 Å². The van der Waals surface area contributed by atoms with Crippen molar-refractivity contribution in [2.75, 3.05) is 32.1 Å². The predicted octanol–water partition coefficient (Wildman–Crippen LogP) is 4.70. The molecule has 28 heavy (non-hydrogen) atoms. The average Bonchev–Trinajstić information content (AvgIpc) is 3.20. The molecule has 1 aliphatic rings. The van der Waals surface area contributed by atoms with Crippen LogP contribution in [0.25, 0.3) is 22.8 Å². The van der Waals surface area contributed by atoms with Crippen LogP contribution in [-0.2, 0) is 0 Å². The molecule has 0 N–H and O–H groups in total. The number of anilines is 1. The maximum absolute atomic E-state index is 13.2. The van der Waals surface area contributed by atoms with Crippen molar-refractivity contribution in [3.05, 3.63) is 60.3 Å². The molecular weight excluding hydrogens is 350 g/mol. The number of piperidine rings is 1. The number of rotatable bonds is 4. The van der Waals surface area contributed by atoms with Gasteiger partial charge in [-0.15, -0.1) is 0 Å². The number of likely N-dealkylation sites (tertiary alicyclic amines) is 1. The van der Waals surface area contributed by atoms with Gasteiger partial charge in [-0.3, -0.25) is 4.79 Å². The zero-order valence-corrected chi connectivity index (χ0v) is 16.4. The molecule has 1 aliphatic heterocycles. The van der Waals surface area contributed by atoms with Crippen molar-refractivity contribution < 1.29 is 9.21 Å². The second-order valence-electron chi connectivity index (χ2n) is 7.36. The largest absolute Gasteiger partial charge is 0.435 e. The van der Waals surface area contributed by atoms with E-state index >= 15 is 0 Å². The van der Waals surface area contributed by atoms with Crippen LogP contribution < -0.4 is 4.90 Å². The van der Waals surface area contributed by atoms with Crippen LogP contribution in [0.15, 0.2) is 59.0 Å². The van der Waals surface area contributed by atoms with Gasteiger partial charge in [0.05, 0.1) is 0 Å². The summed E-state index contributed by atoms with van der Waals surface area (Å²) in [4.78, 5) is 21.8. The number of hydrogen-bond acceptors (Lipinski definition) is 4. The molecule has 1 fully saturated rings. The van der Waals surface area contributed by atoms with Gasteiger partial charge in [-0.25, -0.2) is 4.98 Å². The van der Waals surface area contributed by atoms with E-state index in [0.717, 1.165) is 42.7 Å². The van der Waals surface area contributed by atoms with E-state index in [1.54, 1.807) is 0 Å². The topological polar surface area (TPSA) is 49.6 Å². The summed E-state index contributed by atoms with van der Waals surface area (Å²) in [5.41, 5.74) is 3.22. The smallest absolute Gasteiger partial charge is 0.276 e. The van der Waals surface area contributed by atoms with Crippen molar-refractivity contribution in [3.63, 3.8) is 0 Å². The predicted molar refractivity (Wildman–Crippen MR) is 111 cm³/mol. The zero-order valence-electron chi connectivity index (χ0n) is 16.4. The van der Waals surface area contributed by atoms with Crippen LogP contribution in [0.2, 0.25) is 0 Å². The molecule has 1 amide bonds. The molecular formula is C23H25N3O2. The molecule has 1 aromatic heterocycles. The van der Waals surface area contributed by atoms with Crippen LogP contribution >= 0.6 is 0 Å². The number of aromatic nitrogens is 1. The normalized spacial score (nSPS) is 14.1. The maximum atomic E-state index is 13.2. The molecule has 0 saturated carbocycles. The Hall–Kier alpha value is -3.08. The lowest BCUT2D eigenvalue weighted by molar-refractivity contribution is 0.0719. The third kappa shape index (κ3) is 3.65. The van der Waals surface area contributed by atoms with E-state index in [9.17, 15) is 4.79 Å². The lowest BCUT2D eigenvalue weighted by atomic mass is 10.1. The standard InChI is InChI=1S/C23H25N3O2/c1-25(2)19-13-11-17(12-14-19)21-20(23(27)26-15-7-4-8-16-26)24-22(28-21)18-9-5-3-6-10-18/h3,5-6,9-14H,4,7-8,15-16H2,1-2H3. The third-order valence-corrected chi connectivity index (χ3v) is 5.14. The quantitative estimate of drug-likeness (QED) is 0.663. The second kappa shape index (κ2) is 7.89. The molecule has 5 nitrogen and oxygen atoms in total. The highest BCUT2D eigenvalue weighted by Crippen LogP contribution is 2.32. The Morgan fingerprint density at radius 1 is 0.929 bits per heavy atom. The van der Waals surface area contributed by atoms with Crippen LogP contribution in [-0.4, -0.2) is 43.0 Å². The molecule has 2 aromatic carbocycles. The molecule has 0 spiro atoms. The first-order chi connectivity index (χ1) is 13.6. The minimum Gasteiger partial charge on any atom is -0.435 e. The number of nitrogens with zero attached hydrogens (tertiary/aromatic N) is 3. The summed E-state index contributed by atoms with van der Waals surface area (Å²) in [5, 5.41) is 0. The first-order valence-electron chi connectivity index (χ1n) is 9.77. The maximum Gasteiger partial charge on any atom is 0.276 e. The summed E-state index contributed by atoms with van der Waals surface area (Å²) in [6.45, 7) is 1.57. The Kier molecular flexibility index (Phi) is 5.15. The molecule has 144 valence electrons. The third-order valence-electron chi connectivity index (χ3n) is 5.14. The van der Waals surface area contributed by atoms with Crippen LogP contribution in [0.3, 0.4) is 0 Å². The fraction of sp³-hybridized carbons (Fsp3) is 0.304. The fourth-order valence-corrected chi connectivity index (χ4v) is 3.52. The van der Waals surface area contributed by atoms with E-state index in [2.05, 4.69) is 4.98 Å². The molecule has 1 saturated heterocycles. The molecule has 0 unspecified atom stereocenters. The molecule has 4 rings (SSSR count). The van der Waals surface area contributed by atoms with E-state index in [-0.39, 0.29) is 5.91 Å². The molecule has 0 atom stereocenters. The number of amides is 1.